The molecule has 0 fully saturated rings. The number of carbonyl (C=O) groups excluding carboxylic acids is 1. The third-order valence-electron chi connectivity index (χ3n) is 3.46. The number of aryl methyl sites for hydroxylation is 1. The van der Waals surface area contributed by atoms with Crippen LogP contribution in [0.2, 0.25) is 0 Å². The fourth-order valence-electron chi connectivity index (χ4n) is 2.23. The van der Waals surface area contributed by atoms with E-state index in [0.717, 1.165) is 15.6 Å². The fraction of sp³-hybridized carbons (Fsp3) is 0.176. The van der Waals surface area contributed by atoms with Crippen LogP contribution in [0.25, 0.3) is 11.4 Å². The maximum absolute atomic E-state index is 12.2. The molecule has 7 nitrogen and oxygen atoms in total. The number of hydrogen-bond donors (Lipinski definition) is 1. The average molecular weight is 402 g/mol. The summed E-state index contributed by atoms with van der Waals surface area (Å²) >= 11 is 3.43. The molecule has 0 aliphatic rings. The van der Waals surface area contributed by atoms with Crippen molar-refractivity contribution in [3.8, 4) is 17.1 Å². The van der Waals surface area contributed by atoms with E-state index < -0.39 is 0 Å². The Morgan fingerprint density at radius 3 is 2.88 bits per heavy atom. The van der Waals surface area contributed by atoms with E-state index >= 15 is 0 Å². The Morgan fingerprint density at radius 2 is 2.12 bits per heavy atom. The molecule has 3 aromatic rings. The number of benzene rings is 2. The highest BCUT2D eigenvalue weighted by Gasteiger charge is 2.11. The number of aromatic nitrogens is 4. The Kier molecular flexibility index (Phi) is 5.08. The molecule has 8 heteroatoms. The van der Waals surface area contributed by atoms with E-state index in [1.807, 2.05) is 49.4 Å². The largest absolute Gasteiger partial charge is 0.497 e. The normalized spacial score (nSPS) is 10.5. The molecule has 0 aliphatic carbocycles. The molecule has 1 heterocycles. The summed E-state index contributed by atoms with van der Waals surface area (Å²) in [7, 11) is 1.59. The van der Waals surface area contributed by atoms with Gasteiger partial charge in [-0.25, -0.2) is 0 Å². The highest BCUT2D eigenvalue weighted by Crippen LogP contribution is 2.23. The molecule has 0 bridgehead atoms. The third-order valence-corrected chi connectivity index (χ3v) is 4.12. The van der Waals surface area contributed by atoms with Crippen molar-refractivity contribution in [2.24, 2.45) is 0 Å². The van der Waals surface area contributed by atoms with E-state index in [1.165, 1.54) is 4.80 Å². The zero-order valence-electron chi connectivity index (χ0n) is 13.7. The first-order chi connectivity index (χ1) is 12.0. The number of hydrogen-bond acceptors (Lipinski definition) is 5. The van der Waals surface area contributed by atoms with Gasteiger partial charge in [0.25, 0.3) is 0 Å². The fourth-order valence-corrected chi connectivity index (χ4v) is 2.82. The van der Waals surface area contributed by atoms with Crippen LogP contribution in [0.4, 0.5) is 5.69 Å². The molecular weight excluding hydrogens is 386 g/mol. The third kappa shape index (κ3) is 4.21. The molecule has 0 aliphatic heterocycles. The lowest BCUT2D eigenvalue weighted by atomic mass is 10.2. The Morgan fingerprint density at radius 1 is 1.28 bits per heavy atom. The minimum atomic E-state index is -0.237. The van der Waals surface area contributed by atoms with E-state index in [2.05, 4.69) is 36.7 Å². The average Bonchev–Trinajstić information content (AvgIpc) is 3.06. The van der Waals surface area contributed by atoms with Crippen LogP contribution in [0.1, 0.15) is 5.56 Å². The zero-order valence-corrected chi connectivity index (χ0v) is 15.3. The van der Waals surface area contributed by atoms with Crippen molar-refractivity contribution < 1.29 is 9.53 Å². The van der Waals surface area contributed by atoms with E-state index in [1.54, 1.807) is 7.11 Å². The van der Waals surface area contributed by atoms with Crippen molar-refractivity contribution in [1.29, 1.82) is 0 Å². The summed E-state index contributed by atoms with van der Waals surface area (Å²) in [4.78, 5) is 13.4. The molecular formula is C17H16BrN5O2. The monoisotopic (exact) mass is 401 g/mol. The van der Waals surface area contributed by atoms with Crippen LogP contribution in [0.5, 0.6) is 5.75 Å². The number of rotatable bonds is 5. The Hall–Kier alpha value is -2.74. The number of carbonyl (C=O) groups is 1. The van der Waals surface area contributed by atoms with Crippen LogP contribution in [0.15, 0.2) is 46.9 Å². The summed E-state index contributed by atoms with van der Waals surface area (Å²) in [5, 5.41) is 15.0. The van der Waals surface area contributed by atoms with Gasteiger partial charge in [-0.15, -0.1) is 10.2 Å². The highest BCUT2D eigenvalue weighted by molar-refractivity contribution is 9.10. The number of amides is 1. The predicted octanol–water partition coefficient (Wildman–Crippen LogP) is 3.06. The van der Waals surface area contributed by atoms with Gasteiger partial charge in [-0.1, -0.05) is 18.2 Å². The smallest absolute Gasteiger partial charge is 0.248 e. The number of anilines is 1. The van der Waals surface area contributed by atoms with Crippen LogP contribution in [-0.2, 0) is 11.3 Å². The minimum absolute atomic E-state index is 0.0305. The van der Waals surface area contributed by atoms with Crippen LogP contribution < -0.4 is 10.1 Å². The van der Waals surface area contributed by atoms with Gasteiger partial charge < -0.3 is 10.1 Å². The van der Waals surface area contributed by atoms with Gasteiger partial charge in [0, 0.05) is 10.0 Å². The molecule has 3 rings (SSSR count). The second-order valence-electron chi connectivity index (χ2n) is 5.41. The molecule has 128 valence electrons. The van der Waals surface area contributed by atoms with E-state index in [0.29, 0.717) is 17.3 Å². The minimum Gasteiger partial charge on any atom is -0.497 e. The highest BCUT2D eigenvalue weighted by atomic mass is 79.9. The summed E-state index contributed by atoms with van der Waals surface area (Å²) in [5.74, 6) is 0.901. The maximum atomic E-state index is 12.2. The molecule has 0 spiro atoms. The molecule has 1 aromatic heterocycles. The Balaban J connectivity index is 1.69. The summed E-state index contributed by atoms with van der Waals surface area (Å²) in [5.41, 5.74) is 2.57. The molecule has 2 aromatic carbocycles. The molecule has 25 heavy (non-hydrogen) atoms. The van der Waals surface area contributed by atoms with Gasteiger partial charge in [0.05, 0.1) is 12.8 Å². The van der Waals surface area contributed by atoms with Crippen LogP contribution in [0.3, 0.4) is 0 Å². The Bertz CT molecular complexity index is 910. The van der Waals surface area contributed by atoms with Gasteiger partial charge in [-0.3, -0.25) is 4.79 Å². The first-order valence-electron chi connectivity index (χ1n) is 7.53. The van der Waals surface area contributed by atoms with Crippen LogP contribution >= 0.6 is 15.9 Å². The lowest BCUT2D eigenvalue weighted by Gasteiger charge is -2.07. The van der Waals surface area contributed by atoms with Gasteiger partial charge in [-0.05, 0) is 57.9 Å². The number of halogens is 1. The van der Waals surface area contributed by atoms with Gasteiger partial charge in [-0.2, -0.15) is 4.80 Å². The van der Waals surface area contributed by atoms with E-state index in [-0.39, 0.29) is 12.5 Å². The van der Waals surface area contributed by atoms with Crippen molar-refractivity contribution in [3.05, 3.63) is 52.5 Å². The number of nitrogens with one attached hydrogen (secondary N) is 1. The molecule has 0 radical (unpaired) electrons. The Labute approximate surface area is 153 Å². The van der Waals surface area contributed by atoms with E-state index in [4.69, 9.17) is 4.74 Å². The first kappa shape index (κ1) is 17.1. The van der Waals surface area contributed by atoms with Crippen molar-refractivity contribution in [3.63, 3.8) is 0 Å². The van der Waals surface area contributed by atoms with Crippen molar-refractivity contribution >= 4 is 27.5 Å². The summed E-state index contributed by atoms with van der Waals surface area (Å²) in [6.45, 7) is 1.95. The summed E-state index contributed by atoms with van der Waals surface area (Å²) < 4.78 is 6.01. The molecule has 0 atom stereocenters. The van der Waals surface area contributed by atoms with Gasteiger partial charge in [0.15, 0.2) is 0 Å². The van der Waals surface area contributed by atoms with Crippen molar-refractivity contribution in [2.75, 3.05) is 12.4 Å². The molecule has 0 saturated heterocycles. The topological polar surface area (TPSA) is 81.9 Å². The van der Waals surface area contributed by atoms with Gasteiger partial charge in [0.2, 0.25) is 11.7 Å². The first-order valence-corrected chi connectivity index (χ1v) is 8.32. The van der Waals surface area contributed by atoms with E-state index in [9.17, 15) is 4.79 Å². The second kappa shape index (κ2) is 7.43. The van der Waals surface area contributed by atoms with Gasteiger partial charge in [0.1, 0.15) is 12.3 Å². The summed E-state index contributed by atoms with van der Waals surface area (Å²) in [6, 6.07) is 13.0. The molecule has 1 N–H and O–H groups in total. The quantitative estimate of drug-likeness (QED) is 0.710. The standard InChI is InChI=1S/C17H16BrN5O2/c1-11-6-7-15(14(18)8-11)19-16(24)10-23-21-17(20-22-23)12-4-3-5-13(9-12)25-2/h3-9H,10H2,1-2H3,(H,19,24). The molecule has 1 amide bonds. The van der Waals surface area contributed by atoms with Crippen LogP contribution in [-0.4, -0.2) is 33.2 Å². The van der Waals surface area contributed by atoms with Crippen molar-refractivity contribution in [2.45, 2.75) is 13.5 Å². The molecule has 0 unspecified atom stereocenters. The molecule has 0 saturated carbocycles. The van der Waals surface area contributed by atoms with Crippen LogP contribution in [0, 0.1) is 6.92 Å². The number of nitrogens with zero attached hydrogens (tertiary/aromatic N) is 4. The summed E-state index contributed by atoms with van der Waals surface area (Å²) in [6.07, 6.45) is 0. The zero-order chi connectivity index (χ0) is 17.8. The van der Waals surface area contributed by atoms with Gasteiger partial charge >= 0.3 is 0 Å². The number of methoxy groups -OCH3 is 1. The van der Waals surface area contributed by atoms with Crippen molar-refractivity contribution in [1.82, 2.24) is 20.2 Å². The number of ether oxygens (including phenoxy) is 1. The lowest BCUT2D eigenvalue weighted by Crippen LogP contribution is -2.20. The predicted molar refractivity (Wildman–Crippen MR) is 97.3 cm³/mol. The SMILES string of the molecule is COc1cccc(-c2nnn(CC(=O)Nc3ccc(C)cc3Br)n2)c1. The number of tetrazole rings is 1. The maximum Gasteiger partial charge on any atom is 0.248 e. The lowest BCUT2D eigenvalue weighted by molar-refractivity contribution is -0.117. The second-order valence-corrected chi connectivity index (χ2v) is 6.26.